The first-order valence-electron chi connectivity index (χ1n) is 11.3. The van der Waals surface area contributed by atoms with Crippen molar-refractivity contribution < 1.29 is 13.2 Å². The first kappa shape index (κ1) is 22.8. The maximum Gasteiger partial charge on any atom is 0.151 e. The summed E-state index contributed by atoms with van der Waals surface area (Å²) in [4.78, 5) is 2.54. The monoisotopic (exact) mass is 452 g/mol. The van der Waals surface area contributed by atoms with Crippen molar-refractivity contribution in [3.63, 3.8) is 0 Å². The smallest absolute Gasteiger partial charge is 0.151 e. The minimum Gasteiger partial charge on any atom is -0.487 e. The molecule has 2 heterocycles. The number of ether oxygens (including phenoxy) is 1. The minimum absolute atomic E-state index is 0.0580. The number of benzene rings is 2. The Morgan fingerprint density at radius 2 is 1.72 bits per heavy atom. The second kappa shape index (κ2) is 8.20. The molecule has 5 nitrogen and oxygen atoms in total. The lowest BCUT2D eigenvalue weighted by atomic mass is 9.81. The molecule has 0 unspecified atom stereocenters. The molecule has 4 rings (SSSR count). The average Bonchev–Trinajstić information content (AvgIpc) is 2.72. The molecule has 0 radical (unpaired) electrons. The SMILES string of the molecule is CC(C)(C)N1CCC2(CCc3cc(-c4ccc(CS(C)(=O)=O)c(C#N)c4)ccc3O2)CC1. The standard InChI is InChI=1S/C26H32N2O3S/c1-25(2,3)28-13-11-26(12-14-28)10-9-21-15-20(7-8-24(21)31-26)19-5-6-22(18-32(4,29)30)23(16-19)17-27/h5-8,15-16H,9-14,18H2,1-4H3. The molecule has 0 amide bonds. The van der Waals surface area contributed by atoms with E-state index in [1.165, 1.54) is 11.8 Å². The molecule has 1 fully saturated rings. The number of sulfone groups is 1. The molecule has 32 heavy (non-hydrogen) atoms. The van der Waals surface area contributed by atoms with Crippen molar-refractivity contribution in [3.05, 3.63) is 53.1 Å². The Balaban J connectivity index is 1.54. The highest BCUT2D eigenvalue weighted by Crippen LogP contribution is 2.41. The van der Waals surface area contributed by atoms with Gasteiger partial charge in [-0.25, -0.2) is 8.42 Å². The zero-order chi connectivity index (χ0) is 23.1. The Morgan fingerprint density at radius 3 is 2.34 bits per heavy atom. The molecular formula is C26H32N2O3S. The van der Waals surface area contributed by atoms with E-state index in [2.05, 4.69) is 43.9 Å². The first-order chi connectivity index (χ1) is 15.0. The van der Waals surface area contributed by atoms with Crippen LogP contribution in [0.3, 0.4) is 0 Å². The van der Waals surface area contributed by atoms with Gasteiger partial charge in [0.15, 0.2) is 9.84 Å². The Kier molecular flexibility index (Phi) is 5.85. The summed E-state index contributed by atoms with van der Waals surface area (Å²) in [6.07, 6.45) is 5.30. The summed E-state index contributed by atoms with van der Waals surface area (Å²) in [5.41, 5.74) is 4.23. The predicted octanol–water partition coefficient (Wildman–Crippen LogP) is 4.73. The van der Waals surface area contributed by atoms with Crippen molar-refractivity contribution in [2.24, 2.45) is 0 Å². The normalized spacial score (nSPS) is 18.6. The van der Waals surface area contributed by atoms with Gasteiger partial charge in [0, 0.05) is 24.9 Å². The Hall–Kier alpha value is -2.36. The molecule has 0 aliphatic carbocycles. The fourth-order valence-corrected chi connectivity index (χ4v) is 5.72. The number of rotatable bonds is 3. The van der Waals surface area contributed by atoms with E-state index in [0.717, 1.165) is 55.6 Å². The van der Waals surface area contributed by atoms with E-state index in [4.69, 9.17) is 4.74 Å². The van der Waals surface area contributed by atoms with Crippen molar-refractivity contribution in [2.75, 3.05) is 19.3 Å². The van der Waals surface area contributed by atoms with Crippen molar-refractivity contribution in [2.45, 2.75) is 63.3 Å². The van der Waals surface area contributed by atoms with Crippen molar-refractivity contribution >= 4 is 9.84 Å². The molecular weight excluding hydrogens is 420 g/mol. The van der Waals surface area contributed by atoms with E-state index in [1.807, 2.05) is 12.1 Å². The van der Waals surface area contributed by atoms with Gasteiger partial charge in [-0.3, -0.25) is 4.90 Å². The van der Waals surface area contributed by atoms with Crippen LogP contribution in [0.15, 0.2) is 36.4 Å². The lowest BCUT2D eigenvalue weighted by Crippen LogP contribution is -2.54. The number of piperidine rings is 1. The van der Waals surface area contributed by atoms with Gasteiger partial charge in [-0.15, -0.1) is 0 Å². The molecule has 2 aromatic carbocycles. The van der Waals surface area contributed by atoms with Crippen LogP contribution in [-0.2, 0) is 22.0 Å². The summed E-state index contributed by atoms with van der Waals surface area (Å²) in [6.45, 7) is 8.94. The molecule has 2 aliphatic rings. The number of fused-ring (bicyclic) bond motifs is 1. The van der Waals surface area contributed by atoms with Crippen molar-refractivity contribution in [1.82, 2.24) is 4.90 Å². The Labute approximate surface area is 191 Å². The number of hydrogen-bond donors (Lipinski definition) is 0. The van der Waals surface area contributed by atoms with Gasteiger partial charge >= 0.3 is 0 Å². The van der Waals surface area contributed by atoms with E-state index in [0.29, 0.717) is 11.1 Å². The molecule has 0 bridgehead atoms. The molecule has 1 spiro atoms. The quantitative estimate of drug-likeness (QED) is 0.673. The van der Waals surface area contributed by atoms with Gasteiger partial charge in [0.25, 0.3) is 0 Å². The van der Waals surface area contributed by atoms with Gasteiger partial charge in [-0.2, -0.15) is 5.26 Å². The number of nitrogens with zero attached hydrogens (tertiary/aromatic N) is 2. The van der Waals surface area contributed by atoms with Gasteiger partial charge in [0.05, 0.1) is 17.4 Å². The first-order valence-corrected chi connectivity index (χ1v) is 13.3. The largest absolute Gasteiger partial charge is 0.487 e. The van der Waals surface area contributed by atoms with Crippen LogP contribution in [0, 0.1) is 11.3 Å². The Morgan fingerprint density at radius 1 is 1.06 bits per heavy atom. The van der Waals surface area contributed by atoms with E-state index in [9.17, 15) is 13.7 Å². The molecule has 170 valence electrons. The van der Waals surface area contributed by atoms with Gasteiger partial charge in [-0.1, -0.05) is 18.2 Å². The highest BCUT2D eigenvalue weighted by molar-refractivity contribution is 7.89. The predicted molar refractivity (Wildman–Crippen MR) is 127 cm³/mol. The second-order valence-electron chi connectivity index (χ2n) is 10.3. The summed E-state index contributed by atoms with van der Waals surface area (Å²) in [6, 6.07) is 13.8. The van der Waals surface area contributed by atoms with E-state index < -0.39 is 9.84 Å². The molecule has 0 atom stereocenters. The molecule has 2 aliphatic heterocycles. The van der Waals surface area contributed by atoms with Crippen molar-refractivity contribution in [3.8, 4) is 22.9 Å². The van der Waals surface area contributed by atoms with Gasteiger partial charge in [-0.05, 0) is 86.9 Å². The van der Waals surface area contributed by atoms with Crippen LogP contribution in [-0.4, -0.2) is 43.8 Å². The van der Waals surface area contributed by atoms with E-state index in [1.54, 1.807) is 12.1 Å². The van der Waals surface area contributed by atoms with Crippen LogP contribution in [0.1, 0.15) is 56.7 Å². The van der Waals surface area contributed by atoms with Crippen LogP contribution in [0.25, 0.3) is 11.1 Å². The average molecular weight is 453 g/mol. The van der Waals surface area contributed by atoms with Gasteiger partial charge in [0.2, 0.25) is 0 Å². The number of aryl methyl sites for hydroxylation is 1. The highest BCUT2D eigenvalue weighted by Gasteiger charge is 2.41. The summed E-state index contributed by atoms with van der Waals surface area (Å²) in [5.74, 6) is 0.849. The van der Waals surface area contributed by atoms with E-state index in [-0.39, 0.29) is 16.9 Å². The number of nitriles is 1. The summed E-state index contributed by atoms with van der Waals surface area (Å²) >= 11 is 0. The van der Waals surface area contributed by atoms with Crippen LogP contribution in [0.4, 0.5) is 0 Å². The number of hydrogen-bond acceptors (Lipinski definition) is 5. The number of likely N-dealkylation sites (tertiary alicyclic amines) is 1. The van der Waals surface area contributed by atoms with Crippen molar-refractivity contribution in [1.29, 1.82) is 5.26 Å². The van der Waals surface area contributed by atoms with Gasteiger partial charge < -0.3 is 4.74 Å². The summed E-state index contributed by atoms with van der Waals surface area (Å²) in [5, 5.41) is 9.52. The summed E-state index contributed by atoms with van der Waals surface area (Å²) in [7, 11) is -3.20. The van der Waals surface area contributed by atoms with Crippen LogP contribution < -0.4 is 4.74 Å². The van der Waals surface area contributed by atoms with Crippen LogP contribution in [0.2, 0.25) is 0 Å². The third kappa shape index (κ3) is 4.84. The third-order valence-corrected chi connectivity index (χ3v) is 7.68. The Bertz CT molecular complexity index is 1160. The van der Waals surface area contributed by atoms with Gasteiger partial charge in [0.1, 0.15) is 11.4 Å². The topological polar surface area (TPSA) is 70.4 Å². The zero-order valence-corrected chi connectivity index (χ0v) is 20.3. The molecule has 6 heteroatoms. The fourth-order valence-electron chi connectivity index (χ4n) is 4.91. The molecule has 0 N–H and O–H groups in total. The minimum atomic E-state index is -3.20. The molecule has 1 saturated heterocycles. The van der Waals surface area contributed by atoms with E-state index >= 15 is 0 Å². The highest BCUT2D eigenvalue weighted by atomic mass is 32.2. The fraction of sp³-hybridized carbons (Fsp3) is 0.500. The second-order valence-corrected chi connectivity index (χ2v) is 12.5. The lowest BCUT2D eigenvalue weighted by molar-refractivity contribution is -0.0355. The van der Waals surface area contributed by atoms with Crippen LogP contribution >= 0.6 is 0 Å². The zero-order valence-electron chi connectivity index (χ0n) is 19.4. The molecule has 0 saturated carbocycles. The molecule has 0 aromatic heterocycles. The maximum atomic E-state index is 11.7. The molecule has 2 aromatic rings. The van der Waals surface area contributed by atoms with Crippen LogP contribution in [0.5, 0.6) is 5.75 Å². The lowest BCUT2D eigenvalue weighted by Gasteiger charge is -2.48. The maximum absolute atomic E-state index is 11.7. The summed E-state index contributed by atoms with van der Waals surface area (Å²) < 4.78 is 29.9. The third-order valence-electron chi connectivity index (χ3n) is 6.84.